The highest BCUT2D eigenvalue weighted by Crippen LogP contribution is 2.73. The molecule has 4 fully saturated rings. The summed E-state index contributed by atoms with van der Waals surface area (Å²) in [4.78, 5) is 13.4. The number of carbonyl (C=O) groups is 1. The normalized spacial score (nSPS) is 50.4. The molecule has 3 unspecified atom stereocenters. The molecule has 1 aliphatic heterocycles. The quantitative estimate of drug-likeness (QED) is 0.460. The van der Waals surface area contributed by atoms with Crippen molar-refractivity contribution in [3.63, 3.8) is 0 Å². The summed E-state index contributed by atoms with van der Waals surface area (Å²) < 4.78 is 18.0. The van der Waals surface area contributed by atoms with E-state index in [2.05, 4.69) is 46.7 Å². The van der Waals surface area contributed by atoms with Gasteiger partial charge in [0.15, 0.2) is 6.29 Å². The van der Waals surface area contributed by atoms with Crippen molar-refractivity contribution in [2.45, 2.75) is 117 Å². The van der Waals surface area contributed by atoms with Gasteiger partial charge in [-0.3, -0.25) is 4.79 Å². The standard InChI is InChI=1S/C31H47NO5/c1-18-8-11-31(26(34)35-7)13-12-30(6)25(20(31)14-18)36-23(33)15-22-28(4)16-19-17-32-37-24(19)27(2,3)21(28)9-10-29(22,30)5/h17-18,20-23,25,33H,8-16H2,1-7H3/t18-,20?,21-,22+,23?,25?,28-,29+,30+,31-/m0/s1. The van der Waals surface area contributed by atoms with Crippen LogP contribution >= 0.6 is 0 Å². The van der Waals surface area contributed by atoms with Crippen LogP contribution in [0, 0.1) is 45.3 Å². The number of aliphatic hydroxyl groups excluding tert-OH is 1. The lowest BCUT2D eigenvalue weighted by molar-refractivity contribution is -0.244. The number of methoxy groups -OCH3 is 1. The molecule has 10 atom stereocenters. The van der Waals surface area contributed by atoms with Gasteiger partial charge in [0.1, 0.15) is 5.76 Å². The number of fused-ring (bicyclic) bond motifs is 8. The van der Waals surface area contributed by atoms with E-state index in [0.29, 0.717) is 18.3 Å². The molecule has 6 heteroatoms. The monoisotopic (exact) mass is 513 g/mol. The van der Waals surface area contributed by atoms with E-state index < -0.39 is 11.7 Å². The first-order chi connectivity index (χ1) is 17.3. The summed E-state index contributed by atoms with van der Waals surface area (Å²) in [5.41, 5.74) is 0.462. The Morgan fingerprint density at radius 3 is 2.51 bits per heavy atom. The van der Waals surface area contributed by atoms with Crippen LogP contribution in [0.1, 0.15) is 104 Å². The predicted octanol–water partition coefficient (Wildman–Crippen LogP) is 6.05. The maximum atomic E-state index is 13.4. The molecule has 1 aromatic rings. The molecule has 0 spiro atoms. The Kier molecular flexibility index (Phi) is 5.63. The first kappa shape index (κ1) is 25.9. The molecule has 1 aromatic heterocycles. The van der Waals surface area contributed by atoms with Gasteiger partial charge < -0.3 is 19.1 Å². The summed E-state index contributed by atoms with van der Waals surface area (Å²) in [6, 6.07) is 0. The van der Waals surface area contributed by atoms with E-state index in [1.54, 1.807) is 0 Å². The lowest BCUT2D eigenvalue weighted by Crippen LogP contribution is -2.66. The second-order valence-corrected chi connectivity index (χ2v) is 14.9. The zero-order valence-electron chi connectivity index (χ0n) is 23.9. The summed E-state index contributed by atoms with van der Waals surface area (Å²) in [5.74, 6) is 2.32. The maximum Gasteiger partial charge on any atom is 0.312 e. The van der Waals surface area contributed by atoms with Gasteiger partial charge in [-0.1, -0.05) is 46.7 Å². The molecule has 0 aromatic carbocycles. The third-order valence-corrected chi connectivity index (χ3v) is 13.2. The van der Waals surface area contributed by atoms with E-state index in [1.807, 2.05) is 6.20 Å². The van der Waals surface area contributed by atoms with Gasteiger partial charge in [0.05, 0.1) is 24.8 Å². The molecule has 37 heavy (non-hydrogen) atoms. The van der Waals surface area contributed by atoms with Gasteiger partial charge in [-0.25, -0.2) is 0 Å². The van der Waals surface area contributed by atoms with Gasteiger partial charge in [-0.15, -0.1) is 0 Å². The molecule has 1 N–H and O–H groups in total. The average Bonchev–Trinajstić information content (AvgIpc) is 3.28. The third kappa shape index (κ3) is 3.18. The zero-order valence-corrected chi connectivity index (χ0v) is 23.9. The Bertz CT molecular complexity index is 1080. The zero-order chi connectivity index (χ0) is 26.6. The highest BCUT2D eigenvalue weighted by atomic mass is 16.6. The number of nitrogens with zero attached hydrogens (tertiary/aromatic N) is 1. The number of hydrogen-bond acceptors (Lipinski definition) is 6. The SMILES string of the molecule is COC(=O)[C@]12CC[C@H](C)CC1C1OC(O)C[C@@H]3[C@@]4(C)Cc5cnoc5C(C)(C)[C@@H]4CC[C@@]3(C)[C@]1(C)CC2. The number of aliphatic hydroxyl groups is 1. The van der Waals surface area contributed by atoms with Crippen LogP contribution in [0.3, 0.4) is 0 Å². The van der Waals surface area contributed by atoms with Crippen LogP contribution in [0.2, 0.25) is 0 Å². The minimum atomic E-state index is -0.829. The fourth-order valence-electron chi connectivity index (χ4n) is 11.1. The molecule has 5 aliphatic rings. The van der Waals surface area contributed by atoms with Gasteiger partial charge in [-0.2, -0.15) is 0 Å². The molecule has 1 saturated heterocycles. The Balaban J connectivity index is 1.46. The summed E-state index contributed by atoms with van der Waals surface area (Å²) >= 11 is 0. The Hall–Kier alpha value is -1.40. The van der Waals surface area contributed by atoms with Crippen LogP contribution in [0.4, 0.5) is 0 Å². The van der Waals surface area contributed by atoms with Crippen LogP contribution in [0.5, 0.6) is 0 Å². The Morgan fingerprint density at radius 1 is 1.03 bits per heavy atom. The minimum absolute atomic E-state index is 0.00592. The molecule has 0 amide bonds. The molecule has 3 saturated carbocycles. The summed E-state index contributed by atoms with van der Waals surface area (Å²) in [7, 11) is 1.53. The van der Waals surface area contributed by atoms with Crippen molar-refractivity contribution in [3.8, 4) is 0 Å². The molecular weight excluding hydrogens is 466 g/mol. The second-order valence-electron chi connectivity index (χ2n) is 14.9. The number of aromatic nitrogens is 1. The highest BCUT2D eigenvalue weighted by Gasteiger charge is 2.71. The van der Waals surface area contributed by atoms with Crippen molar-refractivity contribution in [3.05, 3.63) is 17.5 Å². The Morgan fingerprint density at radius 2 is 1.78 bits per heavy atom. The average molecular weight is 514 g/mol. The molecular formula is C31H47NO5. The van der Waals surface area contributed by atoms with Crippen LogP contribution in [0.15, 0.2) is 10.7 Å². The number of rotatable bonds is 1. The van der Waals surface area contributed by atoms with E-state index in [4.69, 9.17) is 14.0 Å². The van der Waals surface area contributed by atoms with Crippen molar-refractivity contribution in [1.29, 1.82) is 0 Å². The highest BCUT2D eigenvalue weighted by molar-refractivity contribution is 5.77. The van der Waals surface area contributed by atoms with Crippen molar-refractivity contribution in [2.24, 2.45) is 45.3 Å². The largest absolute Gasteiger partial charge is 0.469 e. The van der Waals surface area contributed by atoms with Crippen molar-refractivity contribution >= 4 is 5.97 Å². The lowest BCUT2D eigenvalue weighted by Gasteiger charge is -2.68. The summed E-state index contributed by atoms with van der Waals surface area (Å²) in [6.45, 7) is 14.4. The van der Waals surface area contributed by atoms with E-state index in [0.717, 1.165) is 57.1 Å². The van der Waals surface area contributed by atoms with E-state index in [1.165, 1.54) is 12.7 Å². The molecule has 0 radical (unpaired) electrons. The molecule has 206 valence electrons. The molecule has 2 heterocycles. The topological polar surface area (TPSA) is 81.8 Å². The van der Waals surface area contributed by atoms with Gasteiger partial charge in [-0.05, 0) is 85.4 Å². The van der Waals surface area contributed by atoms with E-state index in [9.17, 15) is 9.90 Å². The minimum Gasteiger partial charge on any atom is -0.469 e. The van der Waals surface area contributed by atoms with Crippen molar-refractivity contribution in [2.75, 3.05) is 7.11 Å². The van der Waals surface area contributed by atoms with Gasteiger partial charge in [0, 0.05) is 23.3 Å². The van der Waals surface area contributed by atoms with Crippen molar-refractivity contribution < 1.29 is 23.9 Å². The second kappa shape index (κ2) is 8.06. The number of ether oxygens (including phenoxy) is 2. The van der Waals surface area contributed by atoms with E-state index >= 15 is 0 Å². The number of carbonyl (C=O) groups excluding carboxylic acids is 1. The smallest absolute Gasteiger partial charge is 0.312 e. The first-order valence-corrected chi connectivity index (χ1v) is 14.7. The van der Waals surface area contributed by atoms with Gasteiger partial charge >= 0.3 is 5.97 Å². The fraction of sp³-hybridized carbons (Fsp3) is 0.871. The molecule has 4 aliphatic carbocycles. The third-order valence-electron chi connectivity index (χ3n) is 13.2. The molecule has 6 nitrogen and oxygen atoms in total. The first-order valence-electron chi connectivity index (χ1n) is 14.7. The molecule has 0 bridgehead atoms. The summed E-state index contributed by atoms with van der Waals surface area (Å²) in [6.07, 6.45) is 9.38. The van der Waals surface area contributed by atoms with Crippen molar-refractivity contribution in [1.82, 2.24) is 5.16 Å². The van der Waals surface area contributed by atoms with Gasteiger partial charge in [0.25, 0.3) is 0 Å². The Labute approximate surface area is 222 Å². The van der Waals surface area contributed by atoms with E-state index in [-0.39, 0.29) is 45.6 Å². The number of hydrogen-bond donors (Lipinski definition) is 1. The predicted molar refractivity (Wildman–Crippen MR) is 139 cm³/mol. The summed E-state index contributed by atoms with van der Waals surface area (Å²) in [5, 5.41) is 15.8. The molecule has 6 rings (SSSR count). The fourth-order valence-corrected chi connectivity index (χ4v) is 11.1. The lowest BCUT2D eigenvalue weighted by atomic mass is 9.36. The van der Waals surface area contributed by atoms with Gasteiger partial charge in [0.2, 0.25) is 0 Å². The maximum absolute atomic E-state index is 13.4. The van der Waals surface area contributed by atoms with Crippen LogP contribution in [0.25, 0.3) is 0 Å². The van der Waals surface area contributed by atoms with Crippen LogP contribution in [-0.2, 0) is 26.1 Å². The van der Waals surface area contributed by atoms with Crippen LogP contribution in [-0.4, -0.2) is 35.7 Å². The van der Waals surface area contributed by atoms with Crippen LogP contribution < -0.4 is 0 Å². The number of esters is 1.